The molecule has 0 bridgehead atoms. The van der Waals surface area contributed by atoms with E-state index in [2.05, 4.69) is 11.1 Å². The molecule has 1 atom stereocenters. The van der Waals surface area contributed by atoms with Crippen molar-refractivity contribution in [3.05, 3.63) is 36.0 Å². The van der Waals surface area contributed by atoms with Crippen molar-refractivity contribution < 1.29 is 37.3 Å². The summed E-state index contributed by atoms with van der Waals surface area (Å²) in [6, 6.07) is 5.66. The molecule has 3 heterocycles. The number of carboxylic acid groups (broad SMARTS) is 1. The van der Waals surface area contributed by atoms with Crippen LogP contribution in [0.3, 0.4) is 0 Å². The molecule has 1 spiro atoms. The van der Waals surface area contributed by atoms with Gasteiger partial charge in [0, 0.05) is 30.4 Å². The lowest BCUT2D eigenvalue weighted by molar-refractivity contribution is -0.192. The number of rotatable bonds is 4. The Balaban J connectivity index is 0.000000318. The van der Waals surface area contributed by atoms with Crippen LogP contribution in [0.15, 0.2) is 36.0 Å². The third-order valence-corrected chi connectivity index (χ3v) is 5.43. The van der Waals surface area contributed by atoms with Gasteiger partial charge in [-0.2, -0.15) is 13.2 Å². The first-order valence-electron chi connectivity index (χ1n) is 9.67. The lowest BCUT2D eigenvalue weighted by Gasteiger charge is -2.50. The Hall–Kier alpha value is -2.62. The normalized spacial score (nSPS) is 22.0. The smallest absolute Gasteiger partial charge is 0.477 e. The summed E-state index contributed by atoms with van der Waals surface area (Å²) in [6.07, 6.45) is 2.79. The molecule has 1 N–H and O–H groups in total. The molecule has 1 aromatic rings. The number of halogens is 3. The van der Waals surface area contributed by atoms with Crippen LogP contribution in [0.5, 0.6) is 5.88 Å². The average Bonchev–Trinajstić information content (AvgIpc) is 3.35. The van der Waals surface area contributed by atoms with Gasteiger partial charge >= 0.3 is 12.1 Å². The van der Waals surface area contributed by atoms with E-state index in [4.69, 9.17) is 19.4 Å². The number of amides is 1. The van der Waals surface area contributed by atoms with Gasteiger partial charge in [0.05, 0.1) is 19.7 Å². The Kier molecular flexibility index (Phi) is 6.64. The van der Waals surface area contributed by atoms with Gasteiger partial charge in [-0.05, 0) is 31.7 Å². The summed E-state index contributed by atoms with van der Waals surface area (Å²) in [5.74, 6) is -1.58. The van der Waals surface area contributed by atoms with Gasteiger partial charge in [-0.3, -0.25) is 4.79 Å². The maximum Gasteiger partial charge on any atom is 0.490 e. The number of alkyl halides is 3. The number of likely N-dealkylation sites (tertiary alicyclic amines) is 1. The van der Waals surface area contributed by atoms with Crippen molar-refractivity contribution >= 4 is 11.9 Å². The molecular formula is C20H23F3N2O5. The van der Waals surface area contributed by atoms with Crippen LogP contribution in [-0.2, 0) is 14.3 Å². The van der Waals surface area contributed by atoms with E-state index in [-0.39, 0.29) is 11.5 Å². The van der Waals surface area contributed by atoms with Crippen molar-refractivity contribution in [2.24, 2.45) is 5.92 Å². The van der Waals surface area contributed by atoms with E-state index in [0.29, 0.717) is 31.5 Å². The van der Waals surface area contributed by atoms with Crippen LogP contribution in [0.1, 0.15) is 25.7 Å². The lowest BCUT2D eigenvalue weighted by atomic mass is 9.81. The standard InChI is InChI=1S/C18H22N2O3.C2HF3O2/c21-17(14-5-1-2-6-14)20-12-18(13-20)15(8-10-23-18)11-22-16-7-3-4-9-19-16;3-2(4,5)1(6)7/h3-5,7,9,15H,1-2,6,8,10-13H2;(H,6,7). The van der Waals surface area contributed by atoms with Crippen LogP contribution in [-0.4, -0.2) is 64.9 Å². The van der Waals surface area contributed by atoms with Crippen LogP contribution in [0.4, 0.5) is 13.2 Å². The Morgan fingerprint density at radius 2 is 2.07 bits per heavy atom. The van der Waals surface area contributed by atoms with Gasteiger partial charge in [-0.1, -0.05) is 12.1 Å². The second kappa shape index (κ2) is 9.03. The monoisotopic (exact) mass is 428 g/mol. The predicted octanol–water partition coefficient (Wildman–Crippen LogP) is 2.82. The van der Waals surface area contributed by atoms with Gasteiger partial charge in [0.1, 0.15) is 5.60 Å². The van der Waals surface area contributed by atoms with Crippen molar-refractivity contribution in [3.63, 3.8) is 0 Å². The van der Waals surface area contributed by atoms with E-state index in [9.17, 15) is 18.0 Å². The summed E-state index contributed by atoms with van der Waals surface area (Å²) in [7, 11) is 0. The highest BCUT2D eigenvalue weighted by molar-refractivity contribution is 5.94. The highest BCUT2D eigenvalue weighted by Crippen LogP contribution is 2.41. The van der Waals surface area contributed by atoms with Crippen molar-refractivity contribution in [1.82, 2.24) is 9.88 Å². The van der Waals surface area contributed by atoms with Gasteiger partial charge in [-0.15, -0.1) is 0 Å². The van der Waals surface area contributed by atoms with Crippen LogP contribution >= 0.6 is 0 Å². The molecule has 1 unspecified atom stereocenters. The molecular weight excluding hydrogens is 405 g/mol. The van der Waals surface area contributed by atoms with Crippen molar-refractivity contribution in [2.75, 3.05) is 26.3 Å². The largest absolute Gasteiger partial charge is 0.490 e. The van der Waals surface area contributed by atoms with Gasteiger partial charge in [-0.25, -0.2) is 9.78 Å². The Bertz CT molecular complexity index is 791. The van der Waals surface area contributed by atoms with E-state index in [1.165, 1.54) is 0 Å². The van der Waals surface area contributed by atoms with Gasteiger partial charge in [0.25, 0.3) is 0 Å². The van der Waals surface area contributed by atoms with Crippen molar-refractivity contribution in [1.29, 1.82) is 0 Å². The fourth-order valence-electron chi connectivity index (χ4n) is 3.80. The minimum Gasteiger partial charge on any atom is -0.477 e. The van der Waals surface area contributed by atoms with E-state index in [0.717, 1.165) is 37.9 Å². The highest BCUT2D eigenvalue weighted by Gasteiger charge is 2.55. The van der Waals surface area contributed by atoms with Crippen LogP contribution in [0.25, 0.3) is 0 Å². The Labute approximate surface area is 171 Å². The van der Waals surface area contributed by atoms with Gasteiger partial charge in [0.15, 0.2) is 0 Å². The van der Waals surface area contributed by atoms with Crippen molar-refractivity contribution in [2.45, 2.75) is 37.5 Å². The molecule has 30 heavy (non-hydrogen) atoms. The zero-order valence-electron chi connectivity index (χ0n) is 16.2. The number of carbonyl (C=O) groups is 2. The third kappa shape index (κ3) is 5.10. The van der Waals surface area contributed by atoms with Crippen LogP contribution in [0, 0.1) is 5.92 Å². The molecule has 1 amide bonds. The minimum absolute atomic E-state index is 0.202. The number of aromatic nitrogens is 1. The lowest BCUT2D eigenvalue weighted by Crippen LogP contribution is -2.67. The number of allylic oxidation sites excluding steroid dienone is 1. The van der Waals surface area contributed by atoms with Crippen molar-refractivity contribution in [3.8, 4) is 5.88 Å². The number of hydrogen-bond acceptors (Lipinski definition) is 5. The molecule has 10 heteroatoms. The fourth-order valence-corrected chi connectivity index (χ4v) is 3.80. The molecule has 2 fully saturated rings. The second-order valence-corrected chi connectivity index (χ2v) is 7.46. The SMILES string of the molecule is O=C(C1=CCCC1)N1CC2(C1)OCCC2COc1ccccn1.O=C(O)C(F)(F)F. The molecule has 7 nitrogen and oxygen atoms in total. The molecule has 0 aromatic carbocycles. The number of carbonyl (C=O) groups excluding carboxylic acids is 1. The van der Waals surface area contributed by atoms with E-state index < -0.39 is 12.1 Å². The molecule has 2 saturated heterocycles. The number of carboxylic acids is 1. The highest BCUT2D eigenvalue weighted by atomic mass is 19.4. The van der Waals surface area contributed by atoms with Crippen LogP contribution in [0.2, 0.25) is 0 Å². The summed E-state index contributed by atoms with van der Waals surface area (Å²) in [4.78, 5) is 27.4. The number of aliphatic carboxylic acids is 1. The molecule has 1 aromatic heterocycles. The number of pyridine rings is 1. The van der Waals surface area contributed by atoms with E-state index >= 15 is 0 Å². The summed E-state index contributed by atoms with van der Waals surface area (Å²) in [6.45, 7) is 2.74. The molecule has 3 aliphatic rings. The predicted molar refractivity (Wildman–Crippen MR) is 98.7 cm³/mol. The average molecular weight is 428 g/mol. The first-order chi connectivity index (χ1) is 14.2. The number of ether oxygens (including phenoxy) is 2. The summed E-state index contributed by atoms with van der Waals surface area (Å²) >= 11 is 0. The molecule has 1 aliphatic carbocycles. The summed E-state index contributed by atoms with van der Waals surface area (Å²) in [5.41, 5.74) is 0.781. The molecule has 4 rings (SSSR count). The number of hydrogen-bond donors (Lipinski definition) is 1. The van der Waals surface area contributed by atoms with Crippen LogP contribution < -0.4 is 4.74 Å². The molecule has 0 radical (unpaired) electrons. The number of nitrogens with zero attached hydrogens (tertiary/aromatic N) is 2. The van der Waals surface area contributed by atoms with E-state index in [1.54, 1.807) is 6.20 Å². The third-order valence-electron chi connectivity index (χ3n) is 5.43. The maximum absolute atomic E-state index is 12.4. The Morgan fingerprint density at radius 3 is 2.63 bits per heavy atom. The van der Waals surface area contributed by atoms with Gasteiger partial charge < -0.3 is 19.5 Å². The zero-order chi connectivity index (χ0) is 21.8. The van der Waals surface area contributed by atoms with Gasteiger partial charge in [0.2, 0.25) is 11.8 Å². The summed E-state index contributed by atoms with van der Waals surface area (Å²) < 4.78 is 43.6. The zero-order valence-corrected chi connectivity index (χ0v) is 16.2. The maximum atomic E-state index is 12.4. The minimum atomic E-state index is -5.08. The molecule has 0 saturated carbocycles. The molecule has 164 valence electrons. The summed E-state index contributed by atoms with van der Waals surface area (Å²) in [5, 5.41) is 7.12. The Morgan fingerprint density at radius 1 is 1.33 bits per heavy atom. The van der Waals surface area contributed by atoms with E-state index in [1.807, 2.05) is 23.1 Å². The first-order valence-corrected chi connectivity index (χ1v) is 9.67. The second-order valence-electron chi connectivity index (χ2n) is 7.46. The first kappa shape index (κ1) is 22.1. The molecule has 2 aliphatic heterocycles. The topological polar surface area (TPSA) is 89.0 Å². The fraction of sp³-hybridized carbons (Fsp3) is 0.550. The quantitative estimate of drug-likeness (QED) is 0.794.